The summed E-state index contributed by atoms with van der Waals surface area (Å²) in [5.41, 5.74) is 1.68. The van der Waals surface area contributed by atoms with Crippen LogP contribution in [0, 0.1) is 6.92 Å². The third-order valence-corrected chi connectivity index (χ3v) is 2.18. The highest BCUT2D eigenvalue weighted by Crippen LogP contribution is 2.20. The van der Waals surface area contributed by atoms with Crippen molar-refractivity contribution in [3.8, 4) is 0 Å². The molecule has 0 fully saturated rings. The van der Waals surface area contributed by atoms with Crippen LogP contribution in [0.25, 0.3) is 11.2 Å². The largest absolute Gasteiger partial charge is 0.383 e. The molecule has 0 bridgehead atoms. The number of aromatic amines is 1. The lowest BCUT2D eigenvalue weighted by molar-refractivity contribution is 0.0700. The van der Waals surface area contributed by atoms with Crippen LogP contribution in [0.4, 0.5) is 0 Å². The molecule has 0 unspecified atom stereocenters. The molecule has 14 heavy (non-hydrogen) atoms. The van der Waals surface area contributed by atoms with Crippen LogP contribution in [0.3, 0.4) is 0 Å². The number of hydrogen-bond donors (Lipinski definition) is 2. The number of aromatic nitrogens is 3. The van der Waals surface area contributed by atoms with Crippen molar-refractivity contribution >= 4 is 11.2 Å². The van der Waals surface area contributed by atoms with E-state index in [1.165, 1.54) is 0 Å². The fourth-order valence-electron chi connectivity index (χ4n) is 1.33. The van der Waals surface area contributed by atoms with Gasteiger partial charge in [-0.1, -0.05) is 0 Å². The van der Waals surface area contributed by atoms with Gasteiger partial charge < -0.3 is 10.1 Å². The summed E-state index contributed by atoms with van der Waals surface area (Å²) in [6.45, 7) is 5.37. The lowest BCUT2D eigenvalue weighted by Crippen LogP contribution is -2.17. The Morgan fingerprint density at radius 3 is 2.71 bits per heavy atom. The molecule has 0 saturated heterocycles. The number of imidazole rings is 1. The molecule has 0 saturated carbocycles. The quantitative estimate of drug-likeness (QED) is 0.718. The molecule has 4 nitrogen and oxygen atoms in total. The molecule has 0 atom stereocenters. The minimum atomic E-state index is -0.951. The third-order valence-electron chi connectivity index (χ3n) is 2.18. The summed E-state index contributed by atoms with van der Waals surface area (Å²) in [6.07, 6.45) is 1.71. The number of aliphatic hydroxyl groups is 1. The Balaban J connectivity index is 2.69. The standard InChI is InChI=1S/C10H13N3O/c1-6-4-5-11-8-7(6)12-9(13-8)10(2,3)14/h4-5,14H,1-3H3,(H,11,12,13). The van der Waals surface area contributed by atoms with Gasteiger partial charge in [0.05, 0.1) is 5.52 Å². The molecule has 2 N–H and O–H groups in total. The summed E-state index contributed by atoms with van der Waals surface area (Å²) in [4.78, 5) is 11.4. The highest BCUT2D eigenvalue weighted by Gasteiger charge is 2.21. The number of nitrogens with zero attached hydrogens (tertiary/aromatic N) is 2. The van der Waals surface area contributed by atoms with Crippen molar-refractivity contribution in [1.29, 1.82) is 0 Å². The average molecular weight is 191 g/mol. The first-order chi connectivity index (χ1) is 6.48. The predicted octanol–water partition coefficient (Wildman–Crippen LogP) is 1.49. The number of aryl methyl sites for hydroxylation is 1. The normalized spacial score (nSPS) is 12.3. The number of fused-ring (bicyclic) bond motifs is 1. The van der Waals surface area contributed by atoms with Crippen molar-refractivity contribution in [2.24, 2.45) is 0 Å². The number of pyridine rings is 1. The van der Waals surface area contributed by atoms with E-state index in [1.54, 1.807) is 20.0 Å². The molecule has 0 aliphatic carbocycles. The molecule has 0 radical (unpaired) electrons. The molecule has 2 aromatic heterocycles. The maximum Gasteiger partial charge on any atom is 0.178 e. The number of hydrogen-bond acceptors (Lipinski definition) is 3. The van der Waals surface area contributed by atoms with Crippen LogP contribution < -0.4 is 0 Å². The fourth-order valence-corrected chi connectivity index (χ4v) is 1.33. The Bertz CT molecular complexity index is 468. The maximum atomic E-state index is 9.76. The van der Waals surface area contributed by atoms with E-state index in [0.717, 1.165) is 11.1 Å². The Labute approximate surface area is 82.0 Å². The zero-order chi connectivity index (χ0) is 10.3. The molecular weight excluding hydrogens is 178 g/mol. The van der Waals surface area contributed by atoms with Gasteiger partial charge in [-0.25, -0.2) is 9.97 Å². The van der Waals surface area contributed by atoms with E-state index in [9.17, 15) is 5.11 Å². The minimum absolute atomic E-state index is 0.550. The van der Waals surface area contributed by atoms with Gasteiger partial charge in [0.15, 0.2) is 5.65 Å². The smallest absolute Gasteiger partial charge is 0.178 e. The molecule has 0 aromatic carbocycles. The maximum absolute atomic E-state index is 9.76. The Hall–Kier alpha value is -1.42. The van der Waals surface area contributed by atoms with Gasteiger partial charge in [-0.15, -0.1) is 0 Å². The second-order valence-corrected chi connectivity index (χ2v) is 3.97. The molecule has 74 valence electrons. The summed E-state index contributed by atoms with van der Waals surface area (Å²) >= 11 is 0. The average Bonchev–Trinajstić information content (AvgIpc) is 2.48. The molecule has 0 aliphatic heterocycles. The molecule has 2 heterocycles. The molecular formula is C10H13N3O. The summed E-state index contributed by atoms with van der Waals surface area (Å²) in [5.74, 6) is 0.550. The van der Waals surface area contributed by atoms with Crippen LogP contribution >= 0.6 is 0 Å². The van der Waals surface area contributed by atoms with Crippen molar-refractivity contribution in [3.05, 3.63) is 23.7 Å². The second-order valence-electron chi connectivity index (χ2n) is 3.97. The Kier molecular flexibility index (Phi) is 1.82. The number of nitrogens with one attached hydrogen (secondary N) is 1. The van der Waals surface area contributed by atoms with Gasteiger partial charge in [0.25, 0.3) is 0 Å². The van der Waals surface area contributed by atoms with Crippen LogP contribution in [0.5, 0.6) is 0 Å². The van der Waals surface area contributed by atoms with Crippen molar-refractivity contribution in [3.63, 3.8) is 0 Å². The van der Waals surface area contributed by atoms with Crippen molar-refractivity contribution in [2.45, 2.75) is 26.4 Å². The highest BCUT2D eigenvalue weighted by molar-refractivity contribution is 5.74. The Morgan fingerprint density at radius 2 is 2.14 bits per heavy atom. The number of H-pyrrole nitrogens is 1. The first kappa shape index (κ1) is 9.15. The molecule has 2 rings (SSSR count). The molecule has 0 amide bonds. The molecule has 2 aromatic rings. The zero-order valence-electron chi connectivity index (χ0n) is 8.50. The molecule has 4 heteroatoms. The molecule has 0 spiro atoms. The van der Waals surface area contributed by atoms with Crippen LogP contribution in [0.2, 0.25) is 0 Å². The fraction of sp³-hybridized carbons (Fsp3) is 0.400. The summed E-state index contributed by atoms with van der Waals surface area (Å²) < 4.78 is 0. The first-order valence-electron chi connectivity index (χ1n) is 4.52. The SMILES string of the molecule is Cc1ccnc2nc(C(C)(C)O)[nH]c12. The van der Waals surface area contributed by atoms with Crippen molar-refractivity contribution < 1.29 is 5.11 Å². The topological polar surface area (TPSA) is 61.8 Å². The monoisotopic (exact) mass is 191 g/mol. The van der Waals surface area contributed by atoms with Gasteiger partial charge in [0.1, 0.15) is 11.4 Å². The summed E-state index contributed by atoms with van der Waals surface area (Å²) in [7, 11) is 0. The zero-order valence-corrected chi connectivity index (χ0v) is 8.50. The first-order valence-corrected chi connectivity index (χ1v) is 4.52. The van der Waals surface area contributed by atoms with E-state index in [0.29, 0.717) is 11.5 Å². The van der Waals surface area contributed by atoms with Gasteiger partial charge in [-0.05, 0) is 32.4 Å². The van der Waals surface area contributed by atoms with E-state index < -0.39 is 5.60 Å². The van der Waals surface area contributed by atoms with Crippen molar-refractivity contribution in [1.82, 2.24) is 15.0 Å². The van der Waals surface area contributed by atoms with Crippen molar-refractivity contribution in [2.75, 3.05) is 0 Å². The van der Waals surface area contributed by atoms with Gasteiger partial charge in [-0.2, -0.15) is 0 Å². The van der Waals surface area contributed by atoms with E-state index in [4.69, 9.17) is 0 Å². The van der Waals surface area contributed by atoms with Crippen LogP contribution in [0.1, 0.15) is 25.2 Å². The van der Waals surface area contributed by atoms with E-state index in [2.05, 4.69) is 15.0 Å². The lowest BCUT2D eigenvalue weighted by atomic mass is 10.1. The minimum Gasteiger partial charge on any atom is -0.383 e. The molecule has 0 aliphatic rings. The predicted molar refractivity (Wildman–Crippen MR) is 53.9 cm³/mol. The summed E-state index contributed by atoms with van der Waals surface area (Å²) in [6, 6.07) is 1.91. The highest BCUT2D eigenvalue weighted by atomic mass is 16.3. The number of rotatable bonds is 1. The lowest BCUT2D eigenvalue weighted by Gasteiger charge is -2.12. The van der Waals surface area contributed by atoms with Crippen LogP contribution in [-0.4, -0.2) is 20.1 Å². The second kappa shape index (κ2) is 2.78. The van der Waals surface area contributed by atoms with E-state index >= 15 is 0 Å². The van der Waals surface area contributed by atoms with Crippen LogP contribution in [0.15, 0.2) is 12.3 Å². The Morgan fingerprint density at radius 1 is 1.43 bits per heavy atom. The van der Waals surface area contributed by atoms with Gasteiger partial charge >= 0.3 is 0 Å². The van der Waals surface area contributed by atoms with E-state index in [1.807, 2.05) is 13.0 Å². The van der Waals surface area contributed by atoms with Gasteiger partial charge in [0.2, 0.25) is 0 Å². The third kappa shape index (κ3) is 1.37. The van der Waals surface area contributed by atoms with Gasteiger partial charge in [-0.3, -0.25) is 0 Å². The van der Waals surface area contributed by atoms with Crippen LogP contribution in [-0.2, 0) is 5.60 Å². The van der Waals surface area contributed by atoms with E-state index in [-0.39, 0.29) is 0 Å². The summed E-state index contributed by atoms with van der Waals surface area (Å²) in [5, 5.41) is 9.76. The van der Waals surface area contributed by atoms with Gasteiger partial charge in [0, 0.05) is 6.20 Å².